The Labute approximate surface area is 175 Å². The first-order valence-electron chi connectivity index (χ1n) is 8.61. The first kappa shape index (κ1) is 20.2. The van der Waals surface area contributed by atoms with E-state index in [0.717, 1.165) is 33.0 Å². The van der Waals surface area contributed by atoms with Gasteiger partial charge in [-0.05, 0) is 48.2 Å². The first-order valence-corrected chi connectivity index (χ1v) is 10.2. The second kappa shape index (κ2) is 8.63. The molecule has 1 aliphatic heterocycles. The minimum Gasteiger partial charge on any atom is -0.493 e. The molecule has 3 rings (SSSR count). The molecule has 144 valence electrons. The zero-order valence-electron chi connectivity index (χ0n) is 15.1. The fourth-order valence-electron chi connectivity index (χ4n) is 3.67. The second-order valence-electron chi connectivity index (χ2n) is 6.42. The van der Waals surface area contributed by atoms with E-state index in [9.17, 15) is 9.90 Å². The summed E-state index contributed by atoms with van der Waals surface area (Å²) in [5.74, 6) is 0.447. The molecule has 1 fully saturated rings. The predicted molar refractivity (Wildman–Crippen MR) is 111 cm³/mol. The number of likely N-dealkylation sites (tertiary alicyclic amines) is 1. The highest BCUT2D eigenvalue weighted by atomic mass is 79.9. The molecule has 0 aromatic heterocycles. The summed E-state index contributed by atoms with van der Waals surface area (Å²) >= 11 is 7.18. The van der Waals surface area contributed by atoms with E-state index >= 15 is 0 Å². The standard InChI is InChI=1S/C20H21Br2NO4/c1-26-17-10-14(15(22)11-18(17)27-2)19(12-5-3-6-13(21)9-12)23-8-4-7-16(23)20(24)25/h3,5-6,9-11,16,19H,4,7-8H2,1-2H3,(H,24,25). The third-order valence-corrected chi connectivity index (χ3v) is 6.05. The van der Waals surface area contributed by atoms with Crippen LogP contribution in [0, 0.1) is 0 Å². The Balaban J connectivity index is 2.17. The van der Waals surface area contributed by atoms with Crippen LogP contribution in [0.2, 0.25) is 0 Å². The van der Waals surface area contributed by atoms with Gasteiger partial charge in [0.25, 0.3) is 0 Å². The van der Waals surface area contributed by atoms with Crippen LogP contribution in [0.1, 0.15) is 30.0 Å². The molecule has 2 aromatic rings. The predicted octanol–water partition coefficient (Wildman–Crippen LogP) is 4.87. The summed E-state index contributed by atoms with van der Waals surface area (Å²) in [4.78, 5) is 13.9. The van der Waals surface area contributed by atoms with Gasteiger partial charge >= 0.3 is 5.97 Å². The molecule has 0 bridgehead atoms. The maximum Gasteiger partial charge on any atom is 0.320 e. The van der Waals surface area contributed by atoms with E-state index in [0.29, 0.717) is 17.9 Å². The van der Waals surface area contributed by atoms with E-state index in [-0.39, 0.29) is 6.04 Å². The van der Waals surface area contributed by atoms with Crippen LogP contribution in [0.15, 0.2) is 45.3 Å². The van der Waals surface area contributed by atoms with Gasteiger partial charge in [-0.1, -0.05) is 44.0 Å². The van der Waals surface area contributed by atoms with Crippen LogP contribution >= 0.6 is 31.9 Å². The third-order valence-electron chi connectivity index (χ3n) is 4.87. The van der Waals surface area contributed by atoms with Crippen molar-refractivity contribution in [2.75, 3.05) is 20.8 Å². The van der Waals surface area contributed by atoms with Gasteiger partial charge in [-0.3, -0.25) is 9.69 Å². The van der Waals surface area contributed by atoms with Crippen molar-refractivity contribution in [1.29, 1.82) is 0 Å². The van der Waals surface area contributed by atoms with E-state index in [1.165, 1.54) is 0 Å². The SMILES string of the molecule is COc1cc(Br)c(C(c2cccc(Br)c2)N2CCCC2C(=O)O)cc1OC. The van der Waals surface area contributed by atoms with E-state index in [2.05, 4.69) is 36.8 Å². The number of hydrogen-bond acceptors (Lipinski definition) is 4. The highest BCUT2D eigenvalue weighted by molar-refractivity contribution is 9.10. The maximum absolute atomic E-state index is 11.8. The van der Waals surface area contributed by atoms with Gasteiger partial charge in [-0.2, -0.15) is 0 Å². The molecular weight excluding hydrogens is 478 g/mol. The van der Waals surface area contributed by atoms with Gasteiger partial charge in [-0.15, -0.1) is 0 Å². The van der Waals surface area contributed by atoms with E-state index < -0.39 is 12.0 Å². The lowest BCUT2D eigenvalue weighted by molar-refractivity contribution is -0.142. The number of carboxylic acid groups (broad SMARTS) is 1. The second-order valence-corrected chi connectivity index (χ2v) is 8.19. The molecule has 27 heavy (non-hydrogen) atoms. The van der Waals surface area contributed by atoms with Crippen LogP contribution in [0.3, 0.4) is 0 Å². The fraction of sp³-hybridized carbons (Fsp3) is 0.350. The van der Waals surface area contributed by atoms with Crippen molar-refractivity contribution in [3.05, 3.63) is 56.5 Å². The van der Waals surface area contributed by atoms with Gasteiger partial charge < -0.3 is 14.6 Å². The molecule has 2 atom stereocenters. The Morgan fingerprint density at radius 1 is 1.19 bits per heavy atom. The molecule has 1 heterocycles. The fourth-order valence-corrected chi connectivity index (χ4v) is 4.63. The van der Waals surface area contributed by atoms with Crippen LogP contribution in [0.25, 0.3) is 0 Å². The average molecular weight is 499 g/mol. The van der Waals surface area contributed by atoms with Crippen LogP contribution < -0.4 is 9.47 Å². The summed E-state index contributed by atoms with van der Waals surface area (Å²) in [5.41, 5.74) is 1.96. The summed E-state index contributed by atoms with van der Waals surface area (Å²) in [5, 5.41) is 9.73. The van der Waals surface area contributed by atoms with Crippen LogP contribution in [-0.2, 0) is 4.79 Å². The number of benzene rings is 2. The lowest BCUT2D eigenvalue weighted by Crippen LogP contribution is -2.39. The van der Waals surface area contributed by atoms with Gasteiger partial charge in [0.2, 0.25) is 0 Å². The van der Waals surface area contributed by atoms with Crippen molar-refractivity contribution in [2.24, 2.45) is 0 Å². The number of nitrogens with zero attached hydrogens (tertiary/aromatic N) is 1. The van der Waals surface area contributed by atoms with Crippen molar-refractivity contribution < 1.29 is 19.4 Å². The zero-order valence-corrected chi connectivity index (χ0v) is 18.3. The molecule has 0 radical (unpaired) electrons. The third kappa shape index (κ3) is 4.15. The number of carboxylic acids is 1. The Kier molecular flexibility index (Phi) is 6.44. The molecule has 1 N–H and O–H groups in total. The highest BCUT2D eigenvalue weighted by Gasteiger charge is 2.38. The smallest absolute Gasteiger partial charge is 0.320 e. The minimum absolute atomic E-state index is 0.222. The summed E-state index contributed by atoms with van der Waals surface area (Å²) in [6.45, 7) is 0.717. The van der Waals surface area contributed by atoms with Crippen LogP contribution in [0.4, 0.5) is 0 Å². The van der Waals surface area contributed by atoms with Crippen LogP contribution in [0.5, 0.6) is 11.5 Å². The molecule has 0 aliphatic carbocycles. The van der Waals surface area contributed by atoms with Crippen molar-refractivity contribution in [3.8, 4) is 11.5 Å². The van der Waals surface area contributed by atoms with Crippen molar-refractivity contribution in [2.45, 2.75) is 24.9 Å². The van der Waals surface area contributed by atoms with Gasteiger partial charge in [0.1, 0.15) is 6.04 Å². The monoisotopic (exact) mass is 497 g/mol. The Morgan fingerprint density at radius 2 is 1.89 bits per heavy atom. The topological polar surface area (TPSA) is 59.0 Å². The van der Waals surface area contributed by atoms with Gasteiger partial charge in [0, 0.05) is 15.5 Å². The minimum atomic E-state index is -0.788. The highest BCUT2D eigenvalue weighted by Crippen LogP contribution is 2.43. The summed E-state index contributed by atoms with van der Waals surface area (Å²) in [6, 6.07) is 11.0. The van der Waals surface area contributed by atoms with Gasteiger partial charge in [0.05, 0.1) is 20.3 Å². The number of carbonyl (C=O) groups is 1. The molecular formula is C20H21Br2NO4. The molecule has 1 aliphatic rings. The van der Waals surface area contributed by atoms with Gasteiger partial charge in [0.15, 0.2) is 11.5 Å². The summed E-state index contributed by atoms with van der Waals surface area (Å²) in [7, 11) is 3.19. The van der Waals surface area contributed by atoms with Gasteiger partial charge in [-0.25, -0.2) is 0 Å². The quantitative estimate of drug-likeness (QED) is 0.615. The largest absolute Gasteiger partial charge is 0.493 e. The van der Waals surface area contributed by atoms with Crippen molar-refractivity contribution in [3.63, 3.8) is 0 Å². The van der Waals surface area contributed by atoms with Crippen LogP contribution in [-0.4, -0.2) is 42.8 Å². The number of aliphatic carboxylic acids is 1. The molecule has 0 saturated carbocycles. The Bertz CT molecular complexity index is 843. The number of ether oxygens (including phenoxy) is 2. The van der Waals surface area contributed by atoms with Crippen molar-refractivity contribution >= 4 is 37.8 Å². The Hall–Kier alpha value is -1.57. The molecule has 2 aromatic carbocycles. The van der Waals surface area contributed by atoms with E-state index in [4.69, 9.17) is 9.47 Å². The number of rotatable bonds is 6. The molecule has 0 spiro atoms. The molecule has 7 heteroatoms. The molecule has 5 nitrogen and oxygen atoms in total. The average Bonchev–Trinajstić information content (AvgIpc) is 3.12. The number of methoxy groups -OCH3 is 2. The zero-order chi connectivity index (χ0) is 19.6. The molecule has 2 unspecified atom stereocenters. The normalized spacial score (nSPS) is 18.3. The van der Waals surface area contributed by atoms with Crippen molar-refractivity contribution in [1.82, 2.24) is 4.90 Å². The summed E-state index contributed by atoms with van der Waals surface area (Å²) < 4.78 is 12.7. The Morgan fingerprint density at radius 3 is 2.52 bits per heavy atom. The lowest BCUT2D eigenvalue weighted by Gasteiger charge is -2.33. The molecule has 0 amide bonds. The lowest BCUT2D eigenvalue weighted by atomic mass is 9.95. The first-order chi connectivity index (χ1) is 13.0. The summed E-state index contributed by atoms with van der Waals surface area (Å²) in [6.07, 6.45) is 1.50. The maximum atomic E-state index is 11.8. The molecule has 1 saturated heterocycles. The number of halogens is 2. The van der Waals surface area contributed by atoms with E-state index in [1.54, 1.807) is 14.2 Å². The van der Waals surface area contributed by atoms with E-state index in [1.807, 2.05) is 36.4 Å². The number of hydrogen-bond donors (Lipinski definition) is 1.